The monoisotopic (exact) mass is 271 g/mol. The first-order chi connectivity index (χ1) is 9.70. The molecule has 108 valence electrons. The molecule has 1 heterocycles. The normalized spacial score (nSPS) is 23.6. The Morgan fingerprint density at radius 1 is 1.20 bits per heavy atom. The lowest BCUT2D eigenvalue weighted by Crippen LogP contribution is -2.22. The van der Waals surface area contributed by atoms with Gasteiger partial charge in [-0.05, 0) is 64.1 Å². The van der Waals surface area contributed by atoms with Crippen molar-refractivity contribution in [3.63, 3.8) is 0 Å². The second kappa shape index (κ2) is 5.57. The van der Waals surface area contributed by atoms with E-state index in [4.69, 9.17) is 10.7 Å². The summed E-state index contributed by atoms with van der Waals surface area (Å²) in [6.45, 7) is 5.35. The number of imidazole rings is 1. The predicted octanol–water partition coefficient (Wildman–Crippen LogP) is 3.85. The zero-order valence-corrected chi connectivity index (χ0v) is 12.5. The van der Waals surface area contributed by atoms with Crippen LogP contribution in [-0.2, 0) is 0 Å². The van der Waals surface area contributed by atoms with Crippen molar-refractivity contribution in [2.75, 3.05) is 6.54 Å². The number of hydrogen-bond acceptors (Lipinski definition) is 2. The van der Waals surface area contributed by atoms with Gasteiger partial charge in [0.2, 0.25) is 0 Å². The van der Waals surface area contributed by atoms with Crippen molar-refractivity contribution in [3.05, 3.63) is 30.1 Å². The summed E-state index contributed by atoms with van der Waals surface area (Å²) in [4.78, 5) is 4.94. The molecule has 0 radical (unpaired) electrons. The van der Waals surface area contributed by atoms with Crippen LogP contribution in [0, 0.1) is 5.92 Å². The van der Waals surface area contributed by atoms with Crippen molar-refractivity contribution >= 4 is 11.0 Å². The first-order valence-corrected chi connectivity index (χ1v) is 7.87. The third kappa shape index (κ3) is 2.35. The van der Waals surface area contributed by atoms with Gasteiger partial charge in [-0.2, -0.15) is 0 Å². The summed E-state index contributed by atoms with van der Waals surface area (Å²) in [6.07, 6.45) is 4.97. The molecule has 0 unspecified atom stereocenters. The Labute approximate surface area is 121 Å². The molecule has 0 saturated heterocycles. The minimum atomic E-state index is 0.463. The highest BCUT2D eigenvalue weighted by atomic mass is 15.1. The van der Waals surface area contributed by atoms with Crippen molar-refractivity contribution in [2.24, 2.45) is 11.7 Å². The second-order valence-electron chi connectivity index (χ2n) is 6.38. The van der Waals surface area contributed by atoms with Crippen LogP contribution >= 0.6 is 0 Å². The van der Waals surface area contributed by atoms with Gasteiger partial charge in [-0.1, -0.05) is 12.1 Å². The van der Waals surface area contributed by atoms with Crippen LogP contribution in [0.15, 0.2) is 24.3 Å². The van der Waals surface area contributed by atoms with Gasteiger partial charge in [0.15, 0.2) is 0 Å². The molecule has 1 fully saturated rings. The topological polar surface area (TPSA) is 43.8 Å². The molecule has 20 heavy (non-hydrogen) atoms. The van der Waals surface area contributed by atoms with Crippen molar-refractivity contribution in [2.45, 2.75) is 51.5 Å². The average Bonchev–Trinajstić information content (AvgIpc) is 2.86. The van der Waals surface area contributed by atoms with E-state index >= 15 is 0 Å². The number of hydrogen-bond donors (Lipinski definition) is 1. The molecule has 0 spiro atoms. The van der Waals surface area contributed by atoms with Gasteiger partial charge in [-0.3, -0.25) is 0 Å². The molecular weight excluding hydrogens is 246 g/mol. The van der Waals surface area contributed by atoms with E-state index in [0.717, 1.165) is 18.0 Å². The predicted molar refractivity (Wildman–Crippen MR) is 83.9 cm³/mol. The van der Waals surface area contributed by atoms with Gasteiger partial charge >= 0.3 is 0 Å². The van der Waals surface area contributed by atoms with Crippen molar-refractivity contribution < 1.29 is 0 Å². The van der Waals surface area contributed by atoms with Gasteiger partial charge in [0.1, 0.15) is 5.82 Å². The Hall–Kier alpha value is -1.35. The van der Waals surface area contributed by atoms with E-state index in [0.29, 0.717) is 12.0 Å². The van der Waals surface area contributed by atoms with Gasteiger partial charge in [0.05, 0.1) is 11.0 Å². The lowest BCUT2D eigenvalue weighted by molar-refractivity contribution is 0.318. The SMILES string of the molecule is CC(C)n1c(C2CCC(CN)CC2)nc2ccccc21. The van der Waals surface area contributed by atoms with Crippen molar-refractivity contribution in [1.29, 1.82) is 0 Å². The minimum Gasteiger partial charge on any atom is -0.330 e. The fraction of sp³-hybridized carbons (Fsp3) is 0.588. The van der Waals surface area contributed by atoms with Gasteiger partial charge in [-0.25, -0.2) is 4.98 Å². The Bertz CT molecular complexity index is 577. The maximum absolute atomic E-state index is 5.81. The van der Waals surface area contributed by atoms with Crippen molar-refractivity contribution in [3.8, 4) is 0 Å². The van der Waals surface area contributed by atoms with Crippen LogP contribution in [0.1, 0.15) is 57.3 Å². The minimum absolute atomic E-state index is 0.463. The van der Waals surface area contributed by atoms with E-state index in [1.54, 1.807) is 0 Å². The summed E-state index contributed by atoms with van der Waals surface area (Å²) in [5.74, 6) is 2.62. The molecule has 0 aliphatic heterocycles. The zero-order valence-electron chi connectivity index (χ0n) is 12.5. The molecule has 1 aliphatic carbocycles. The standard InChI is InChI=1S/C17H25N3/c1-12(2)20-16-6-4-3-5-15(16)19-17(20)14-9-7-13(11-18)8-10-14/h3-6,12-14H,7-11,18H2,1-2H3. The van der Waals surface area contributed by atoms with Crippen LogP contribution in [0.3, 0.4) is 0 Å². The fourth-order valence-electron chi connectivity index (χ4n) is 3.55. The molecule has 3 heteroatoms. The number of aromatic nitrogens is 2. The summed E-state index contributed by atoms with van der Waals surface area (Å²) in [6, 6.07) is 8.97. The van der Waals surface area contributed by atoms with Crippen LogP contribution in [0.25, 0.3) is 11.0 Å². The lowest BCUT2D eigenvalue weighted by Gasteiger charge is -2.28. The number of benzene rings is 1. The van der Waals surface area contributed by atoms with Crippen LogP contribution in [0.4, 0.5) is 0 Å². The summed E-state index contributed by atoms with van der Waals surface area (Å²) in [5.41, 5.74) is 8.22. The molecule has 1 aromatic carbocycles. The summed E-state index contributed by atoms with van der Waals surface area (Å²) >= 11 is 0. The smallest absolute Gasteiger partial charge is 0.113 e. The number of nitrogens with zero attached hydrogens (tertiary/aromatic N) is 2. The van der Waals surface area contributed by atoms with E-state index in [9.17, 15) is 0 Å². The summed E-state index contributed by atoms with van der Waals surface area (Å²) in [7, 11) is 0. The maximum Gasteiger partial charge on any atom is 0.113 e. The molecule has 1 saturated carbocycles. The number of rotatable bonds is 3. The van der Waals surface area contributed by atoms with Gasteiger partial charge in [0.25, 0.3) is 0 Å². The quantitative estimate of drug-likeness (QED) is 0.921. The lowest BCUT2D eigenvalue weighted by atomic mass is 9.81. The van der Waals surface area contributed by atoms with E-state index in [1.165, 1.54) is 37.0 Å². The molecule has 2 aromatic rings. The highest BCUT2D eigenvalue weighted by molar-refractivity contribution is 5.76. The Morgan fingerprint density at radius 2 is 1.90 bits per heavy atom. The molecule has 3 rings (SSSR count). The van der Waals surface area contributed by atoms with Crippen LogP contribution in [-0.4, -0.2) is 16.1 Å². The van der Waals surface area contributed by atoms with Crippen LogP contribution < -0.4 is 5.73 Å². The summed E-state index contributed by atoms with van der Waals surface area (Å²) < 4.78 is 2.43. The molecule has 0 atom stereocenters. The highest BCUT2D eigenvalue weighted by Gasteiger charge is 2.26. The molecule has 3 nitrogen and oxygen atoms in total. The van der Waals surface area contributed by atoms with Gasteiger partial charge < -0.3 is 10.3 Å². The largest absolute Gasteiger partial charge is 0.330 e. The van der Waals surface area contributed by atoms with Crippen molar-refractivity contribution in [1.82, 2.24) is 9.55 Å². The molecular formula is C17H25N3. The maximum atomic E-state index is 5.81. The van der Waals surface area contributed by atoms with Crippen LogP contribution in [0.5, 0.6) is 0 Å². The Balaban J connectivity index is 1.97. The molecule has 0 amide bonds. The fourth-order valence-corrected chi connectivity index (χ4v) is 3.55. The van der Waals surface area contributed by atoms with Crippen LogP contribution in [0.2, 0.25) is 0 Å². The zero-order chi connectivity index (χ0) is 14.1. The second-order valence-corrected chi connectivity index (χ2v) is 6.38. The first-order valence-electron chi connectivity index (χ1n) is 7.87. The average molecular weight is 271 g/mol. The highest BCUT2D eigenvalue weighted by Crippen LogP contribution is 2.37. The first kappa shape index (κ1) is 13.6. The molecule has 1 aliphatic rings. The molecule has 1 aromatic heterocycles. The molecule has 0 bridgehead atoms. The van der Waals surface area contributed by atoms with Gasteiger partial charge in [0, 0.05) is 12.0 Å². The van der Waals surface area contributed by atoms with E-state index < -0.39 is 0 Å². The number of fused-ring (bicyclic) bond motifs is 1. The Morgan fingerprint density at radius 3 is 2.55 bits per heavy atom. The van der Waals surface area contributed by atoms with Gasteiger partial charge in [-0.15, -0.1) is 0 Å². The third-order valence-corrected chi connectivity index (χ3v) is 4.68. The number of nitrogens with two attached hydrogens (primary N) is 1. The van der Waals surface area contributed by atoms with E-state index in [1.807, 2.05) is 0 Å². The van der Waals surface area contributed by atoms with E-state index in [2.05, 4.69) is 42.7 Å². The molecule has 2 N–H and O–H groups in total. The summed E-state index contributed by atoms with van der Waals surface area (Å²) in [5, 5.41) is 0. The third-order valence-electron chi connectivity index (χ3n) is 4.68. The Kier molecular flexibility index (Phi) is 3.79. The van der Waals surface area contributed by atoms with E-state index in [-0.39, 0.29) is 0 Å². The number of para-hydroxylation sites is 2.